The van der Waals surface area contributed by atoms with Crippen LogP contribution in [0.25, 0.3) is 0 Å². The van der Waals surface area contributed by atoms with Gasteiger partial charge in [0, 0.05) is 5.56 Å². The van der Waals surface area contributed by atoms with Crippen LogP contribution in [0.1, 0.15) is 120 Å². The third-order valence-electron chi connectivity index (χ3n) is 8.58. The van der Waals surface area contributed by atoms with E-state index in [9.17, 15) is 13.2 Å². The first kappa shape index (κ1) is 41.4. The summed E-state index contributed by atoms with van der Waals surface area (Å²) in [5.41, 5.74) is 5.04. The molecule has 0 spiro atoms. The topological polar surface area (TPSA) is 0 Å². The molecule has 0 N–H and O–H groups in total. The van der Waals surface area contributed by atoms with E-state index in [1.807, 2.05) is 13.0 Å². The van der Waals surface area contributed by atoms with Gasteiger partial charge in [-0.15, -0.1) is 0 Å². The Morgan fingerprint density at radius 2 is 0.682 bits per heavy atom. The van der Waals surface area contributed by atoms with E-state index in [2.05, 4.69) is 65.8 Å². The summed E-state index contributed by atoms with van der Waals surface area (Å²) in [7, 11) is 0. The second-order valence-corrected chi connectivity index (χ2v) is 13.5. The summed E-state index contributed by atoms with van der Waals surface area (Å²) in [5.74, 6) is 3.01. The van der Waals surface area contributed by atoms with E-state index in [4.69, 9.17) is 0 Å². The molecule has 0 bridgehead atoms. The van der Waals surface area contributed by atoms with Crippen molar-refractivity contribution in [1.29, 1.82) is 0 Å². The van der Waals surface area contributed by atoms with Crippen LogP contribution in [0, 0.1) is 82.7 Å². The lowest BCUT2D eigenvalue weighted by molar-refractivity contribution is 0.308. The Kier molecular flexibility index (Phi) is 20.8. The van der Waals surface area contributed by atoms with E-state index in [-0.39, 0.29) is 18.8 Å². The molecule has 0 aromatic heterocycles. The van der Waals surface area contributed by atoms with Crippen molar-refractivity contribution in [1.82, 2.24) is 0 Å². The lowest BCUT2D eigenvalue weighted by atomic mass is 9.84. The van der Waals surface area contributed by atoms with Gasteiger partial charge in [-0.1, -0.05) is 134 Å². The summed E-state index contributed by atoms with van der Waals surface area (Å²) < 4.78 is 37.8. The van der Waals surface area contributed by atoms with Gasteiger partial charge in [-0.3, -0.25) is 0 Å². The molecule has 3 heteroatoms. The fourth-order valence-electron chi connectivity index (χ4n) is 4.96. The van der Waals surface area contributed by atoms with Crippen LogP contribution in [-0.2, 0) is 0 Å². The number of aryl methyl sites for hydroxylation is 5. The number of halogens is 3. The zero-order valence-corrected chi connectivity index (χ0v) is 28.8. The van der Waals surface area contributed by atoms with Gasteiger partial charge < -0.3 is 0 Å². The summed E-state index contributed by atoms with van der Waals surface area (Å²) >= 11 is 0. The third-order valence-corrected chi connectivity index (χ3v) is 8.58. The lowest BCUT2D eigenvalue weighted by Gasteiger charge is -2.22. The van der Waals surface area contributed by atoms with Crippen LogP contribution >= 0.6 is 0 Å². The average molecular weight is 613 g/mol. The SMILES string of the molecule is C.CC1CCC(C)CC1.CC1CCC(C)CC1.Cc1cc(F)c(C)c(F)c1.Cc1ccc(C)c(F)c1.Cc1ccc(C)cc1. The minimum atomic E-state index is -0.475. The normalized spacial score (nSPS) is 20.4. The molecule has 3 aromatic carbocycles. The van der Waals surface area contributed by atoms with Crippen LogP contribution in [0.5, 0.6) is 0 Å². The number of hydrogen-bond donors (Lipinski definition) is 0. The van der Waals surface area contributed by atoms with E-state index >= 15 is 0 Å². The van der Waals surface area contributed by atoms with E-state index in [1.54, 1.807) is 19.9 Å². The third kappa shape index (κ3) is 18.3. The molecule has 0 saturated heterocycles. The van der Waals surface area contributed by atoms with Crippen LogP contribution < -0.4 is 0 Å². The second kappa shape index (κ2) is 22.0. The summed E-state index contributed by atoms with van der Waals surface area (Å²) in [4.78, 5) is 0. The summed E-state index contributed by atoms with van der Waals surface area (Å²) in [5, 5.41) is 0. The molecule has 0 unspecified atom stereocenters. The van der Waals surface area contributed by atoms with Gasteiger partial charge in [0.2, 0.25) is 0 Å². The Balaban J connectivity index is 0.000000524. The molecule has 5 rings (SSSR count). The van der Waals surface area contributed by atoms with E-state index in [0.717, 1.165) is 29.2 Å². The number of benzene rings is 3. The standard InChI is InChI=1S/C8H8F2.C8H9F.2C8H16.C8H10.CH4/c1-5-3-7(9)6(2)8(10)4-5;1-6-3-4-7(2)8(9)5-6;3*1-7-3-5-8(2)6-4-7;/h3-4H,1-2H3;3-5H,1-2H3;2*7-8H,3-6H2,1-2H3;3-6H,1-2H3;1H4. The van der Waals surface area contributed by atoms with Gasteiger partial charge in [-0.05, 0) is 100 Å². The first-order valence-electron chi connectivity index (χ1n) is 16.4. The van der Waals surface area contributed by atoms with Crippen molar-refractivity contribution in [3.05, 3.63) is 105 Å². The Bertz CT molecular complexity index is 1080. The van der Waals surface area contributed by atoms with Crippen molar-refractivity contribution < 1.29 is 13.2 Å². The van der Waals surface area contributed by atoms with Gasteiger partial charge in [0.15, 0.2) is 0 Å². The van der Waals surface area contributed by atoms with E-state index in [1.165, 1.54) is 87.6 Å². The molecule has 0 nitrogen and oxygen atoms in total. The quantitative estimate of drug-likeness (QED) is 0.237. The highest BCUT2D eigenvalue weighted by molar-refractivity contribution is 5.24. The van der Waals surface area contributed by atoms with E-state index in [0.29, 0.717) is 11.1 Å². The Morgan fingerprint density at radius 1 is 0.409 bits per heavy atom. The van der Waals surface area contributed by atoms with Gasteiger partial charge in [-0.25, -0.2) is 13.2 Å². The maximum atomic E-state index is 12.6. The minimum absolute atomic E-state index is 0. The number of hydrogen-bond acceptors (Lipinski definition) is 0. The molecule has 248 valence electrons. The van der Waals surface area contributed by atoms with Crippen molar-refractivity contribution in [2.24, 2.45) is 23.7 Å². The molecule has 0 aliphatic heterocycles. The molecule has 0 amide bonds. The summed E-state index contributed by atoms with van der Waals surface area (Å²) in [6.07, 6.45) is 11.8. The van der Waals surface area contributed by atoms with Crippen molar-refractivity contribution in [2.75, 3.05) is 0 Å². The monoisotopic (exact) mass is 612 g/mol. The highest BCUT2D eigenvalue weighted by atomic mass is 19.1. The van der Waals surface area contributed by atoms with Crippen molar-refractivity contribution in [2.45, 2.75) is 128 Å². The van der Waals surface area contributed by atoms with Crippen LogP contribution in [-0.4, -0.2) is 0 Å². The molecule has 2 saturated carbocycles. The maximum absolute atomic E-state index is 12.6. The highest BCUT2D eigenvalue weighted by Crippen LogP contribution is 2.28. The Hall–Kier alpha value is -2.55. The predicted octanol–water partition coefficient (Wildman–Crippen LogP) is 13.6. The molecule has 0 radical (unpaired) electrons. The fourth-order valence-corrected chi connectivity index (χ4v) is 4.96. The molecule has 0 atom stereocenters. The summed E-state index contributed by atoms with van der Waals surface area (Å²) in [6, 6.07) is 16.3. The molecule has 2 aliphatic carbocycles. The van der Waals surface area contributed by atoms with Crippen LogP contribution in [0.4, 0.5) is 13.2 Å². The Labute approximate surface area is 269 Å². The average Bonchev–Trinajstić information content (AvgIpc) is 2.96. The van der Waals surface area contributed by atoms with Gasteiger partial charge in [-0.2, -0.15) is 0 Å². The zero-order chi connectivity index (χ0) is 32.5. The fraction of sp³-hybridized carbons (Fsp3) is 0.561. The number of rotatable bonds is 0. The zero-order valence-electron chi connectivity index (χ0n) is 28.8. The van der Waals surface area contributed by atoms with Crippen LogP contribution in [0.3, 0.4) is 0 Å². The molecule has 0 heterocycles. The van der Waals surface area contributed by atoms with Crippen molar-refractivity contribution >= 4 is 0 Å². The molecule has 2 aliphatic rings. The molecule has 44 heavy (non-hydrogen) atoms. The van der Waals surface area contributed by atoms with Gasteiger partial charge in [0.05, 0.1) is 0 Å². The summed E-state index contributed by atoms with van der Waals surface area (Å²) in [6.45, 7) is 20.4. The largest absolute Gasteiger partial charge is 0.207 e. The first-order valence-corrected chi connectivity index (χ1v) is 16.4. The Morgan fingerprint density at radius 3 is 0.955 bits per heavy atom. The first-order chi connectivity index (χ1) is 20.2. The smallest absolute Gasteiger partial charge is 0.129 e. The highest BCUT2D eigenvalue weighted by Gasteiger charge is 2.14. The molecular weight excluding hydrogens is 549 g/mol. The molecule has 2 fully saturated rings. The molecule has 3 aromatic rings. The van der Waals surface area contributed by atoms with Crippen molar-refractivity contribution in [3.63, 3.8) is 0 Å². The van der Waals surface area contributed by atoms with Crippen LogP contribution in [0.2, 0.25) is 0 Å². The van der Waals surface area contributed by atoms with Gasteiger partial charge in [0.25, 0.3) is 0 Å². The maximum Gasteiger partial charge on any atom is 0.129 e. The van der Waals surface area contributed by atoms with Gasteiger partial charge >= 0.3 is 0 Å². The molecular formula is C41H63F3. The minimum Gasteiger partial charge on any atom is -0.207 e. The van der Waals surface area contributed by atoms with E-state index < -0.39 is 11.6 Å². The lowest BCUT2D eigenvalue weighted by Crippen LogP contribution is -2.08. The van der Waals surface area contributed by atoms with Crippen LogP contribution in [0.15, 0.2) is 54.6 Å². The van der Waals surface area contributed by atoms with Crippen molar-refractivity contribution in [3.8, 4) is 0 Å². The second-order valence-electron chi connectivity index (χ2n) is 13.5. The van der Waals surface area contributed by atoms with Gasteiger partial charge in [0.1, 0.15) is 17.5 Å². The predicted molar refractivity (Wildman–Crippen MR) is 188 cm³/mol.